The first-order chi connectivity index (χ1) is 15.8. The summed E-state index contributed by atoms with van der Waals surface area (Å²) in [5.41, 5.74) is 5.73. The molecule has 0 aromatic carbocycles. The normalized spacial score (nSPS) is 17.6. The van der Waals surface area contributed by atoms with Crippen molar-refractivity contribution in [2.75, 3.05) is 6.54 Å². The zero-order valence-corrected chi connectivity index (χ0v) is 22.1. The second-order valence-corrected chi connectivity index (χ2v) is 10.7. The van der Waals surface area contributed by atoms with Gasteiger partial charge in [-0.3, -0.25) is 4.79 Å². The van der Waals surface area contributed by atoms with E-state index in [2.05, 4.69) is 19.1 Å². The van der Waals surface area contributed by atoms with Gasteiger partial charge in [-0.15, -0.1) is 0 Å². The monoisotopic (exact) mass is 464 g/mol. The Morgan fingerprint density at radius 3 is 2.06 bits per heavy atom. The first-order valence-electron chi connectivity index (χ1n) is 13.7. The molecule has 1 rings (SSSR count). The highest BCUT2D eigenvalue weighted by molar-refractivity contribution is 5.85. The number of likely N-dealkylation sites (tertiary alicyclic amines) is 1. The van der Waals surface area contributed by atoms with Crippen LogP contribution in [0.1, 0.15) is 130 Å². The molecule has 1 unspecified atom stereocenters. The maximum absolute atomic E-state index is 12.6. The fourth-order valence-electron chi connectivity index (χ4n) is 4.46. The third kappa shape index (κ3) is 13.8. The number of rotatable bonds is 17. The Hall–Kier alpha value is -1.36. The molecule has 33 heavy (non-hydrogen) atoms. The van der Waals surface area contributed by atoms with Gasteiger partial charge in [-0.25, -0.2) is 4.79 Å². The molecule has 0 bridgehead atoms. The lowest BCUT2D eigenvalue weighted by Gasteiger charge is -2.31. The van der Waals surface area contributed by atoms with Gasteiger partial charge >= 0.3 is 6.09 Å². The average molecular weight is 465 g/mol. The smallest absolute Gasteiger partial charge is 0.410 e. The van der Waals surface area contributed by atoms with Crippen LogP contribution >= 0.6 is 0 Å². The summed E-state index contributed by atoms with van der Waals surface area (Å²) in [6.45, 7) is 8.45. The average Bonchev–Trinajstić information content (AvgIpc) is 3.24. The van der Waals surface area contributed by atoms with Crippen LogP contribution < -0.4 is 5.73 Å². The van der Waals surface area contributed by atoms with E-state index in [1.807, 2.05) is 20.8 Å². The SMILES string of the molecule is CCCCCCCC/C=C\CCCCCCCC(=O)C(N)[C@H]1CCCN1C(=O)OC(C)(C)C. The van der Waals surface area contributed by atoms with Crippen LogP contribution in [0, 0.1) is 0 Å². The lowest BCUT2D eigenvalue weighted by atomic mass is 9.98. The largest absolute Gasteiger partial charge is 0.444 e. The van der Waals surface area contributed by atoms with E-state index in [1.54, 1.807) is 4.90 Å². The summed E-state index contributed by atoms with van der Waals surface area (Å²) in [5.74, 6) is 0.0769. The number of carbonyl (C=O) groups excluding carboxylic acids is 2. The van der Waals surface area contributed by atoms with E-state index in [-0.39, 0.29) is 17.9 Å². The van der Waals surface area contributed by atoms with Gasteiger partial charge in [0.1, 0.15) is 5.60 Å². The first-order valence-corrected chi connectivity index (χ1v) is 13.7. The van der Waals surface area contributed by atoms with Gasteiger partial charge in [0.15, 0.2) is 5.78 Å². The van der Waals surface area contributed by atoms with Gasteiger partial charge < -0.3 is 15.4 Å². The lowest BCUT2D eigenvalue weighted by Crippen LogP contribution is -2.51. The van der Waals surface area contributed by atoms with Crippen LogP contribution in [0.5, 0.6) is 0 Å². The number of carbonyl (C=O) groups is 2. The van der Waals surface area contributed by atoms with Crippen molar-refractivity contribution in [3.8, 4) is 0 Å². The summed E-state index contributed by atoms with van der Waals surface area (Å²) in [5, 5.41) is 0. The number of amides is 1. The molecule has 1 fully saturated rings. The summed E-state index contributed by atoms with van der Waals surface area (Å²) in [6, 6.07) is -0.827. The molecule has 0 aromatic heterocycles. The topological polar surface area (TPSA) is 72.6 Å². The van der Waals surface area contributed by atoms with Crippen molar-refractivity contribution >= 4 is 11.9 Å². The van der Waals surface area contributed by atoms with Crippen LogP contribution in [0.2, 0.25) is 0 Å². The van der Waals surface area contributed by atoms with Crippen molar-refractivity contribution in [1.82, 2.24) is 4.90 Å². The highest BCUT2D eigenvalue weighted by atomic mass is 16.6. The molecule has 1 aliphatic heterocycles. The summed E-state index contributed by atoms with van der Waals surface area (Å²) in [7, 11) is 0. The predicted molar refractivity (Wildman–Crippen MR) is 138 cm³/mol. The molecular weight excluding hydrogens is 412 g/mol. The highest BCUT2D eigenvalue weighted by Crippen LogP contribution is 2.23. The molecule has 2 N–H and O–H groups in total. The molecule has 1 amide bonds. The molecule has 1 heterocycles. The van der Waals surface area contributed by atoms with Gasteiger partial charge in [0.2, 0.25) is 0 Å². The number of nitrogens with zero attached hydrogens (tertiary/aromatic N) is 1. The van der Waals surface area contributed by atoms with E-state index in [1.165, 1.54) is 70.6 Å². The first kappa shape index (κ1) is 29.7. The number of hydrogen-bond donors (Lipinski definition) is 1. The summed E-state index contributed by atoms with van der Waals surface area (Å²) < 4.78 is 5.49. The minimum atomic E-state index is -0.600. The quantitative estimate of drug-likeness (QED) is 0.181. The Kier molecular flexibility index (Phi) is 15.4. The Bertz CT molecular complexity index is 568. The maximum atomic E-state index is 12.6. The molecule has 0 aromatic rings. The van der Waals surface area contributed by atoms with Crippen LogP contribution in [0.4, 0.5) is 4.79 Å². The Balaban J connectivity index is 2.09. The van der Waals surface area contributed by atoms with Crippen LogP contribution in [-0.4, -0.2) is 41.0 Å². The highest BCUT2D eigenvalue weighted by Gasteiger charge is 2.37. The second kappa shape index (κ2) is 17.1. The Morgan fingerprint density at radius 1 is 0.939 bits per heavy atom. The number of ketones is 1. The Labute approximate surface area is 203 Å². The molecule has 192 valence electrons. The molecule has 0 spiro atoms. The van der Waals surface area contributed by atoms with Gasteiger partial charge in [0, 0.05) is 13.0 Å². The van der Waals surface area contributed by atoms with Crippen molar-refractivity contribution in [3.05, 3.63) is 12.2 Å². The van der Waals surface area contributed by atoms with Crippen molar-refractivity contribution in [2.45, 2.75) is 148 Å². The second-order valence-electron chi connectivity index (χ2n) is 10.7. The van der Waals surface area contributed by atoms with E-state index in [0.29, 0.717) is 13.0 Å². The maximum Gasteiger partial charge on any atom is 0.410 e. The van der Waals surface area contributed by atoms with E-state index in [0.717, 1.165) is 25.7 Å². The zero-order chi connectivity index (χ0) is 24.5. The van der Waals surface area contributed by atoms with Crippen molar-refractivity contribution in [1.29, 1.82) is 0 Å². The van der Waals surface area contributed by atoms with Crippen LogP contribution in [0.15, 0.2) is 12.2 Å². The molecule has 0 aliphatic carbocycles. The standard InChI is InChI=1S/C28H52N2O3/c1-5-6-7-8-9-10-11-12-13-14-15-16-17-18-19-22-25(31)26(29)24-21-20-23-30(24)27(32)33-28(2,3)4/h12-13,24,26H,5-11,14-23,29H2,1-4H3/b13-12-/t24-,26?/m1/s1. The van der Waals surface area contributed by atoms with Gasteiger partial charge in [0.05, 0.1) is 12.1 Å². The number of hydrogen-bond acceptors (Lipinski definition) is 4. The summed E-state index contributed by atoms with van der Waals surface area (Å²) in [6.07, 6.45) is 22.6. The third-order valence-corrected chi connectivity index (χ3v) is 6.40. The van der Waals surface area contributed by atoms with E-state index < -0.39 is 11.6 Å². The predicted octanol–water partition coefficient (Wildman–Crippen LogP) is 7.32. The van der Waals surface area contributed by atoms with E-state index in [9.17, 15) is 9.59 Å². The zero-order valence-electron chi connectivity index (χ0n) is 22.1. The molecule has 0 saturated carbocycles. The van der Waals surface area contributed by atoms with Crippen molar-refractivity contribution < 1.29 is 14.3 Å². The fraction of sp³-hybridized carbons (Fsp3) is 0.857. The number of allylic oxidation sites excluding steroid dienone is 2. The number of unbranched alkanes of at least 4 members (excludes halogenated alkanes) is 11. The lowest BCUT2D eigenvalue weighted by molar-refractivity contribution is -0.121. The number of Topliss-reactive ketones (excluding diaryl/α,β-unsaturated/α-hetero) is 1. The molecule has 0 radical (unpaired) electrons. The fourth-order valence-corrected chi connectivity index (χ4v) is 4.46. The van der Waals surface area contributed by atoms with Gasteiger partial charge in [0.25, 0.3) is 0 Å². The summed E-state index contributed by atoms with van der Waals surface area (Å²) in [4.78, 5) is 26.7. The molecule has 2 atom stereocenters. The Morgan fingerprint density at radius 2 is 1.48 bits per heavy atom. The minimum absolute atomic E-state index is 0.0769. The molecule has 5 nitrogen and oxygen atoms in total. The molecular formula is C28H52N2O3. The molecule has 1 aliphatic rings. The van der Waals surface area contributed by atoms with Crippen LogP contribution in [-0.2, 0) is 9.53 Å². The molecule has 1 saturated heterocycles. The minimum Gasteiger partial charge on any atom is -0.444 e. The van der Waals surface area contributed by atoms with Crippen LogP contribution in [0.3, 0.4) is 0 Å². The molecule has 5 heteroatoms. The van der Waals surface area contributed by atoms with E-state index >= 15 is 0 Å². The van der Waals surface area contributed by atoms with Crippen LogP contribution in [0.25, 0.3) is 0 Å². The van der Waals surface area contributed by atoms with E-state index in [4.69, 9.17) is 10.5 Å². The summed E-state index contributed by atoms with van der Waals surface area (Å²) >= 11 is 0. The van der Waals surface area contributed by atoms with Crippen molar-refractivity contribution in [2.24, 2.45) is 5.73 Å². The number of nitrogens with two attached hydrogens (primary N) is 1. The third-order valence-electron chi connectivity index (χ3n) is 6.40. The van der Waals surface area contributed by atoms with Gasteiger partial charge in [-0.1, -0.05) is 70.4 Å². The van der Waals surface area contributed by atoms with Crippen molar-refractivity contribution in [3.63, 3.8) is 0 Å². The van der Waals surface area contributed by atoms with Gasteiger partial charge in [-0.2, -0.15) is 0 Å². The number of ether oxygens (including phenoxy) is 1. The van der Waals surface area contributed by atoms with Gasteiger partial charge in [-0.05, 0) is 65.7 Å².